The second-order valence-electron chi connectivity index (χ2n) is 3.70. The number of likely N-dealkylation sites (N-methyl/N-ethyl adjacent to an activating group) is 1. The van der Waals surface area contributed by atoms with Crippen molar-refractivity contribution in [3.05, 3.63) is 17.7 Å². The molecular weight excluding hydrogens is 250 g/mol. The third-order valence-electron chi connectivity index (χ3n) is 2.75. The zero-order valence-corrected chi connectivity index (χ0v) is 11.8. The van der Waals surface area contributed by atoms with Gasteiger partial charge in [-0.05, 0) is 24.7 Å². The molecule has 0 saturated heterocycles. The highest BCUT2D eigenvalue weighted by Gasteiger charge is 2.23. The maximum Gasteiger partial charge on any atom is 0.327 e. The maximum atomic E-state index is 11.7. The molecule has 0 radical (unpaired) electrons. The molecule has 0 amide bonds. The molecule has 0 heterocycles. The predicted molar refractivity (Wildman–Crippen MR) is 69.9 cm³/mol. The van der Waals surface area contributed by atoms with E-state index in [1.54, 1.807) is 19.2 Å². The number of hydrogen-bond donors (Lipinski definition) is 1. The van der Waals surface area contributed by atoms with Crippen LogP contribution in [0.5, 0.6) is 17.2 Å². The number of hydrogen-bond acceptors (Lipinski definition) is 6. The fourth-order valence-corrected chi connectivity index (χ4v) is 1.81. The van der Waals surface area contributed by atoms with Crippen LogP contribution in [-0.4, -0.2) is 41.5 Å². The highest BCUT2D eigenvalue weighted by molar-refractivity contribution is 5.78. The van der Waals surface area contributed by atoms with Crippen molar-refractivity contribution in [3.8, 4) is 17.2 Å². The van der Waals surface area contributed by atoms with E-state index >= 15 is 0 Å². The largest absolute Gasteiger partial charge is 0.493 e. The number of ether oxygens (including phenoxy) is 4. The summed E-state index contributed by atoms with van der Waals surface area (Å²) in [7, 11) is 7.58. The van der Waals surface area contributed by atoms with Gasteiger partial charge in [-0.25, -0.2) is 4.79 Å². The van der Waals surface area contributed by atoms with Crippen molar-refractivity contribution in [2.24, 2.45) is 0 Å². The van der Waals surface area contributed by atoms with Gasteiger partial charge < -0.3 is 24.3 Å². The molecular formula is C13H19NO5. The van der Waals surface area contributed by atoms with Gasteiger partial charge in [0.1, 0.15) is 6.04 Å². The molecule has 1 aromatic rings. The Hall–Kier alpha value is -1.95. The van der Waals surface area contributed by atoms with Crippen LogP contribution in [0.4, 0.5) is 0 Å². The molecule has 1 unspecified atom stereocenters. The molecule has 0 aliphatic carbocycles. The molecule has 6 nitrogen and oxygen atoms in total. The summed E-state index contributed by atoms with van der Waals surface area (Å²) in [5.74, 6) is 1.06. The molecule has 1 rings (SSSR count). The lowest BCUT2D eigenvalue weighted by Crippen LogP contribution is -2.26. The minimum atomic E-state index is -0.598. The van der Waals surface area contributed by atoms with Crippen LogP contribution in [-0.2, 0) is 9.53 Å². The van der Waals surface area contributed by atoms with Gasteiger partial charge in [-0.1, -0.05) is 0 Å². The van der Waals surface area contributed by atoms with Crippen LogP contribution in [0.3, 0.4) is 0 Å². The zero-order valence-electron chi connectivity index (χ0n) is 11.8. The molecule has 0 fully saturated rings. The fraction of sp³-hybridized carbons (Fsp3) is 0.462. The molecule has 6 heteroatoms. The first-order chi connectivity index (χ1) is 9.12. The highest BCUT2D eigenvalue weighted by atomic mass is 16.5. The Kier molecular flexibility index (Phi) is 5.44. The van der Waals surface area contributed by atoms with E-state index in [0.29, 0.717) is 22.8 Å². The van der Waals surface area contributed by atoms with E-state index in [0.717, 1.165) is 0 Å². The van der Waals surface area contributed by atoms with E-state index in [9.17, 15) is 4.79 Å². The summed E-state index contributed by atoms with van der Waals surface area (Å²) in [5, 5.41) is 2.88. The molecule has 0 bridgehead atoms. The Morgan fingerprint density at radius 2 is 1.58 bits per heavy atom. The van der Waals surface area contributed by atoms with Crippen molar-refractivity contribution >= 4 is 5.97 Å². The third-order valence-corrected chi connectivity index (χ3v) is 2.75. The minimum Gasteiger partial charge on any atom is -0.493 e. The number of esters is 1. The zero-order chi connectivity index (χ0) is 14.4. The quantitative estimate of drug-likeness (QED) is 0.781. The van der Waals surface area contributed by atoms with Gasteiger partial charge in [0.25, 0.3) is 0 Å². The normalized spacial score (nSPS) is 11.6. The summed E-state index contributed by atoms with van der Waals surface area (Å²) in [5.41, 5.74) is 0.670. The van der Waals surface area contributed by atoms with Gasteiger partial charge in [0, 0.05) is 0 Å². The minimum absolute atomic E-state index is 0.392. The van der Waals surface area contributed by atoms with Crippen molar-refractivity contribution in [1.82, 2.24) is 5.32 Å². The van der Waals surface area contributed by atoms with Crippen molar-refractivity contribution in [1.29, 1.82) is 0 Å². The van der Waals surface area contributed by atoms with Gasteiger partial charge in [0.15, 0.2) is 11.5 Å². The molecule has 1 N–H and O–H groups in total. The van der Waals surface area contributed by atoms with Crippen LogP contribution in [0.2, 0.25) is 0 Å². The standard InChI is InChI=1S/C13H19NO5/c1-14-11(13(15)19-5)8-6-9(16-2)12(18-4)10(7-8)17-3/h6-7,11,14H,1-5H3. The molecule has 0 aliphatic heterocycles. The van der Waals surface area contributed by atoms with Crippen LogP contribution in [0.1, 0.15) is 11.6 Å². The summed E-state index contributed by atoms with van der Waals surface area (Å²) in [4.78, 5) is 11.7. The van der Waals surface area contributed by atoms with E-state index < -0.39 is 12.0 Å². The Balaban J connectivity index is 3.32. The number of carbonyl (C=O) groups excluding carboxylic acids is 1. The van der Waals surface area contributed by atoms with Crippen molar-refractivity contribution in [2.45, 2.75) is 6.04 Å². The molecule has 1 aromatic carbocycles. The molecule has 0 aliphatic rings. The Morgan fingerprint density at radius 3 is 1.89 bits per heavy atom. The Labute approximate surface area is 112 Å². The first-order valence-electron chi connectivity index (χ1n) is 5.67. The predicted octanol–water partition coefficient (Wildman–Crippen LogP) is 1.15. The van der Waals surface area contributed by atoms with Crippen LogP contribution < -0.4 is 19.5 Å². The van der Waals surface area contributed by atoms with Gasteiger partial charge in [0.2, 0.25) is 5.75 Å². The lowest BCUT2D eigenvalue weighted by Gasteiger charge is -2.18. The van der Waals surface area contributed by atoms with Crippen molar-refractivity contribution < 1.29 is 23.7 Å². The second-order valence-corrected chi connectivity index (χ2v) is 3.70. The highest BCUT2D eigenvalue weighted by Crippen LogP contribution is 2.39. The number of carbonyl (C=O) groups is 1. The van der Waals surface area contributed by atoms with E-state index in [1.807, 2.05) is 0 Å². The number of benzene rings is 1. The number of methoxy groups -OCH3 is 4. The number of nitrogens with one attached hydrogen (secondary N) is 1. The summed E-state index contributed by atoms with van der Waals surface area (Å²) in [6.45, 7) is 0. The van der Waals surface area contributed by atoms with Crippen molar-refractivity contribution in [3.63, 3.8) is 0 Å². The lowest BCUT2D eigenvalue weighted by molar-refractivity contribution is -0.143. The third kappa shape index (κ3) is 3.08. The average Bonchev–Trinajstić information content (AvgIpc) is 2.46. The SMILES string of the molecule is CNC(C(=O)OC)c1cc(OC)c(OC)c(OC)c1. The Morgan fingerprint density at radius 1 is 1.05 bits per heavy atom. The maximum absolute atomic E-state index is 11.7. The van der Waals surface area contributed by atoms with E-state index in [-0.39, 0.29) is 0 Å². The summed E-state index contributed by atoms with van der Waals surface area (Å²) in [6.07, 6.45) is 0. The van der Waals surface area contributed by atoms with Crippen LogP contribution in [0, 0.1) is 0 Å². The van der Waals surface area contributed by atoms with Crippen LogP contribution in [0.15, 0.2) is 12.1 Å². The molecule has 0 saturated carbocycles. The molecule has 19 heavy (non-hydrogen) atoms. The average molecular weight is 269 g/mol. The summed E-state index contributed by atoms with van der Waals surface area (Å²) >= 11 is 0. The molecule has 0 spiro atoms. The van der Waals surface area contributed by atoms with Crippen LogP contribution >= 0.6 is 0 Å². The second kappa shape index (κ2) is 6.84. The lowest BCUT2D eigenvalue weighted by atomic mass is 10.1. The van der Waals surface area contributed by atoms with Gasteiger partial charge in [0.05, 0.1) is 28.4 Å². The van der Waals surface area contributed by atoms with Gasteiger partial charge >= 0.3 is 5.97 Å². The van der Waals surface area contributed by atoms with Gasteiger partial charge in [-0.2, -0.15) is 0 Å². The summed E-state index contributed by atoms with van der Waals surface area (Å²) in [6, 6.07) is 2.82. The fourth-order valence-electron chi connectivity index (χ4n) is 1.81. The van der Waals surface area contributed by atoms with E-state index in [1.165, 1.54) is 28.4 Å². The van der Waals surface area contributed by atoms with E-state index in [4.69, 9.17) is 18.9 Å². The number of rotatable bonds is 6. The van der Waals surface area contributed by atoms with Gasteiger partial charge in [-0.15, -0.1) is 0 Å². The van der Waals surface area contributed by atoms with Crippen LogP contribution in [0.25, 0.3) is 0 Å². The topological polar surface area (TPSA) is 66.0 Å². The summed E-state index contributed by atoms with van der Waals surface area (Å²) < 4.78 is 20.5. The molecule has 1 atom stereocenters. The Bertz CT molecular complexity index is 422. The van der Waals surface area contributed by atoms with E-state index in [2.05, 4.69) is 5.32 Å². The first kappa shape index (κ1) is 15.1. The first-order valence-corrected chi connectivity index (χ1v) is 5.67. The smallest absolute Gasteiger partial charge is 0.327 e. The monoisotopic (exact) mass is 269 g/mol. The van der Waals surface area contributed by atoms with Gasteiger partial charge in [-0.3, -0.25) is 0 Å². The van der Waals surface area contributed by atoms with Crippen molar-refractivity contribution in [2.75, 3.05) is 35.5 Å². The molecule has 0 aromatic heterocycles. The molecule has 106 valence electrons.